The molecular weight excluding hydrogens is 199 g/mol. The highest BCUT2D eigenvalue weighted by Gasteiger charge is 2.11. The second-order valence-electron chi connectivity index (χ2n) is 3.40. The van der Waals surface area contributed by atoms with Crippen molar-refractivity contribution in [3.8, 4) is 0 Å². The number of aromatic nitrogens is 1. The van der Waals surface area contributed by atoms with E-state index in [1.54, 1.807) is 11.3 Å². The van der Waals surface area contributed by atoms with E-state index in [9.17, 15) is 4.39 Å². The lowest BCUT2D eigenvalue weighted by Crippen LogP contribution is -2.20. The van der Waals surface area contributed by atoms with Gasteiger partial charge in [0, 0.05) is 10.9 Å². The Labute approximate surface area is 88.6 Å². The molecule has 0 amide bonds. The van der Waals surface area contributed by atoms with Gasteiger partial charge < -0.3 is 5.32 Å². The standard InChI is InChI=1S/C10H17FN2S/c1-7(12-6-4-5-11)10-8(2)13-9(3)14-10/h7,12H,4-6H2,1-3H3. The van der Waals surface area contributed by atoms with Crippen molar-refractivity contribution >= 4 is 11.3 Å². The molecule has 80 valence electrons. The van der Waals surface area contributed by atoms with Crippen LogP contribution in [0.25, 0.3) is 0 Å². The number of nitrogens with zero attached hydrogens (tertiary/aromatic N) is 1. The quantitative estimate of drug-likeness (QED) is 0.766. The van der Waals surface area contributed by atoms with Gasteiger partial charge in [-0.15, -0.1) is 11.3 Å². The van der Waals surface area contributed by atoms with Crippen LogP contribution in [0.1, 0.15) is 35.0 Å². The molecule has 0 aromatic carbocycles. The van der Waals surface area contributed by atoms with Gasteiger partial charge in [0.05, 0.1) is 17.4 Å². The molecule has 2 nitrogen and oxygen atoms in total. The Morgan fingerprint density at radius 2 is 2.21 bits per heavy atom. The predicted octanol–water partition coefficient (Wildman–Crippen LogP) is 2.77. The molecule has 1 aromatic heterocycles. The maximum absolute atomic E-state index is 11.9. The fourth-order valence-electron chi connectivity index (χ4n) is 1.43. The summed E-state index contributed by atoms with van der Waals surface area (Å²) in [4.78, 5) is 5.63. The number of halogens is 1. The van der Waals surface area contributed by atoms with Gasteiger partial charge in [-0.25, -0.2) is 4.98 Å². The third kappa shape index (κ3) is 3.03. The normalized spacial score (nSPS) is 13.1. The number of thiazole rings is 1. The highest BCUT2D eigenvalue weighted by atomic mass is 32.1. The molecule has 1 aromatic rings. The van der Waals surface area contributed by atoms with Crippen LogP contribution in [-0.2, 0) is 0 Å². The molecule has 1 atom stereocenters. The average molecular weight is 216 g/mol. The predicted molar refractivity (Wildman–Crippen MR) is 58.6 cm³/mol. The number of hydrogen-bond donors (Lipinski definition) is 1. The summed E-state index contributed by atoms with van der Waals surface area (Å²) < 4.78 is 11.9. The van der Waals surface area contributed by atoms with E-state index in [1.807, 2.05) is 13.8 Å². The van der Waals surface area contributed by atoms with Gasteiger partial charge in [0.25, 0.3) is 0 Å². The lowest BCUT2D eigenvalue weighted by molar-refractivity contribution is 0.447. The molecule has 0 aliphatic carbocycles. The van der Waals surface area contributed by atoms with Crippen LogP contribution in [0.2, 0.25) is 0 Å². The lowest BCUT2D eigenvalue weighted by atomic mass is 10.2. The third-order valence-corrected chi connectivity index (χ3v) is 3.35. The maximum Gasteiger partial charge on any atom is 0.0906 e. The van der Waals surface area contributed by atoms with E-state index in [0.29, 0.717) is 6.42 Å². The van der Waals surface area contributed by atoms with E-state index in [4.69, 9.17) is 0 Å². The maximum atomic E-state index is 11.9. The smallest absolute Gasteiger partial charge is 0.0906 e. The first-order chi connectivity index (χ1) is 6.65. The summed E-state index contributed by atoms with van der Waals surface area (Å²) in [6.45, 7) is 6.61. The van der Waals surface area contributed by atoms with Crippen molar-refractivity contribution in [2.24, 2.45) is 0 Å². The Hall–Kier alpha value is -0.480. The zero-order valence-corrected chi connectivity index (χ0v) is 9.75. The van der Waals surface area contributed by atoms with Crippen molar-refractivity contribution in [3.63, 3.8) is 0 Å². The lowest BCUT2D eigenvalue weighted by Gasteiger charge is -2.11. The summed E-state index contributed by atoms with van der Waals surface area (Å²) in [5.74, 6) is 0. The van der Waals surface area contributed by atoms with Crippen LogP contribution in [0.4, 0.5) is 4.39 Å². The van der Waals surface area contributed by atoms with Gasteiger partial charge in [0.1, 0.15) is 0 Å². The van der Waals surface area contributed by atoms with E-state index >= 15 is 0 Å². The minimum absolute atomic E-state index is 0.250. The summed E-state index contributed by atoms with van der Waals surface area (Å²) in [5, 5.41) is 4.38. The van der Waals surface area contributed by atoms with Crippen LogP contribution in [0, 0.1) is 13.8 Å². The second-order valence-corrected chi connectivity index (χ2v) is 4.64. The van der Waals surface area contributed by atoms with Crippen LogP contribution in [0.15, 0.2) is 0 Å². The first-order valence-corrected chi connectivity index (χ1v) is 5.70. The van der Waals surface area contributed by atoms with Gasteiger partial charge in [0.2, 0.25) is 0 Å². The van der Waals surface area contributed by atoms with E-state index in [0.717, 1.165) is 17.2 Å². The molecule has 0 bridgehead atoms. The minimum Gasteiger partial charge on any atom is -0.309 e. The topological polar surface area (TPSA) is 24.9 Å². The second kappa shape index (κ2) is 5.41. The Balaban J connectivity index is 2.51. The van der Waals surface area contributed by atoms with E-state index in [2.05, 4.69) is 17.2 Å². The Morgan fingerprint density at radius 1 is 1.50 bits per heavy atom. The molecule has 1 unspecified atom stereocenters. The third-order valence-electron chi connectivity index (χ3n) is 2.09. The van der Waals surface area contributed by atoms with E-state index in [1.165, 1.54) is 4.88 Å². The van der Waals surface area contributed by atoms with Crippen LogP contribution in [0.3, 0.4) is 0 Å². The van der Waals surface area contributed by atoms with Crippen LogP contribution < -0.4 is 5.32 Å². The van der Waals surface area contributed by atoms with Crippen molar-refractivity contribution in [1.82, 2.24) is 10.3 Å². The summed E-state index contributed by atoms with van der Waals surface area (Å²) in [7, 11) is 0. The molecule has 1 heterocycles. The molecule has 0 spiro atoms. The van der Waals surface area contributed by atoms with Gasteiger partial charge in [-0.2, -0.15) is 0 Å². The zero-order chi connectivity index (χ0) is 10.6. The van der Waals surface area contributed by atoms with Crippen molar-refractivity contribution in [2.75, 3.05) is 13.2 Å². The van der Waals surface area contributed by atoms with Crippen LogP contribution >= 0.6 is 11.3 Å². The van der Waals surface area contributed by atoms with Crippen molar-refractivity contribution in [2.45, 2.75) is 33.2 Å². The van der Waals surface area contributed by atoms with Crippen LogP contribution in [-0.4, -0.2) is 18.2 Å². The summed E-state index contributed by atoms with van der Waals surface area (Å²) >= 11 is 1.71. The molecular formula is C10H17FN2S. The number of alkyl halides is 1. The number of hydrogen-bond acceptors (Lipinski definition) is 3. The van der Waals surface area contributed by atoms with E-state index < -0.39 is 0 Å². The van der Waals surface area contributed by atoms with E-state index in [-0.39, 0.29) is 12.7 Å². The number of nitrogens with one attached hydrogen (secondary N) is 1. The highest BCUT2D eigenvalue weighted by Crippen LogP contribution is 2.24. The Kier molecular flexibility index (Phi) is 4.48. The molecule has 1 rings (SSSR count). The van der Waals surface area contributed by atoms with Gasteiger partial charge in [-0.1, -0.05) is 0 Å². The van der Waals surface area contributed by atoms with Gasteiger partial charge in [-0.3, -0.25) is 4.39 Å². The molecule has 0 saturated carbocycles. The van der Waals surface area contributed by atoms with Gasteiger partial charge in [-0.05, 0) is 33.7 Å². The van der Waals surface area contributed by atoms with Crippen molar-refractivity contribution in [3.05, 3.63) is 15.6 Å². The van der Waals surface area contributed by atoms with Crippen molar-refractivity contribution < 1.29 is 4.39 Å². The monoisotopic (exact) mass is 216 g/mol. The highest BCUT2D eigenvalue weighted by molar-refractivity contribution is 7.11. The SMILES string of the molecule is Cc1nc(C)c(C(C)NCCCF)s1. The molecule has 0 saturated heterocycles. The van der Waals surface area contributed by atoms with Crippen molar-refractivity contribution in [1.29, 1.82) is 0 Å². The van der Waals surface area contributed by atoms with Gasteiger partial charge >= 0.3 is 0 Å². The molecule has 0 aliphatic heterocycles. The summed E-state index contributed by atoms with van der Waals surface area (Å²) in [5.41, 5.74) is 1.09. The minimum atomic E-state index is -0.250. The molecule has 0 aliphatic rings. The molecule has 0 radical (unpaired) electrons. The average Bonchev–Trinajstić information content (AvgIpc) is 2.45. The Bertz CT molecular complexity index is 286. The molecule has 0 fully saturated rings. The first-order valence-electron chi connectivity index (χ1n) is 4.88. The molecule has 1 N–H and O–H groups in total. The Morgan fingerprint density at radius 3 is 2.71 bits per heavy atom. The number of aryl methyl sites for hydroxylation is 2. The van der Waals surface area contributed by atoms with Gasteiger partial charge in [0.15, 0.2) is 0 Å². The zero-order valence-electron chi connectivity index (χ0n) is 8.93. The number of rotatable bonds is 5. The van der Waals surface area contributed by atoms with Crippen LogP contribution in [0.5, 0.6) is 0 Å². The first kappa shape index (κ1) is 11.6. The molecule has 14 heavy (non-hydrogen) atoms. The summed E-state index contributed by atoms with van der Waals surface area (Å²) in [6.07, 6.45) is 0.584. The fraction of sp³-hybridized carbons (Fsp3) is 0.700. The largest absolute Gasteiger partial charge is 0.309 e. The fourth-order valence-corrected chi connectivity index (χ4v) is 2.38. The molecule has 4 heteroatoms. The summed E-state index contributed by atoms with van der Waals surface area (Å²) in [6, 6.07) is 0.285.